The van der Waals surface area contributed by atoms with Crippen LogP contribution in [-0.2, 0) is 0 Å². The predicted octanol–water partition coefficient (Wildman–Crippen LogP) is 2.82. The largest absolute Gasteiger partial charge is 0.366 e. The van der Waals surface area contributed by atoms with Gasteiger partial charge >= 0.3 is 0 Å². The summed E-state index contributed by atoms with van der Waals surface area (Å²) in [5.74, 6) is -0.458. The summed E-state index contributed by atoms with van der Waals surface area (Å²) in [4.78, 5) is 11.2. The van der Waals surface area contributed by atoms with Crippen LogP contribution in [0.3, 0.4) is 0 Å². The van der Waals surface area contributed by atoms with Crippen molar-refractivity contribution in [2.75, 3.05) is 0 Å². The molecule has 0 saturated carbocycles. The number of nitrogens with zero attached hydrogens (tertiary/aromatic N) is 3. The van der Waals surface area contributed by atoms with Gasteiger partial charge in [0.1, 0.15) is 0 Å². The third kappa shape index (κ3) is 2.83. The van der Waals surface area contributed by atoms with E-state index in [-0.39, 0.29) is 0 Å². The lowest BCUT2D eigenvalue weighted by Crippen LogP contribution is -2.10. The molecule has 112 valence electrons. The van der Waals surface area contributed by atoms with E-state index in [1.54, 1.807) is 36.4 Å². The zero-order chi connectivity index (χ0) is 16.4. The van der Waals surface area contributed by atoms with Crippen LogP contribution in [0.15, 0.2) is 54.6 Å². The molecule has 0 aliphatic rings. The Hall–Kier alpha value is -3.39. The van der Waals surface area contributed by atoms with E-state index in [4.69, 9.17) is 11.0 Å². The zero-order valence-electron chi connectivity index (χ0n) is 12.5. The molecule has 0 saturated heterocycles. The number of amides is 1. The molecule has 0 bridgehead atoms. The Labute approximate surface area is 133 Å². The van der Waals surface area contributed by atoms with Crippen molar-refractivity contribution in [2.45, 2.75) is 6.92 Å². The minimum Gasteiger partial charge on any atom is -0.366 e. The van der Waals surface area contributed by atoms with Gasteiger partial charge in [-0.1, -0.05) is 12.1 Å². The van der Waals surface area contributed by atoms with Gasteiger partial charge in [0.2, 0.25) is 5.91 Å². The second-order valence-corrected chi connectivity index (χ2v) is 5.18. The van der Waals surface area contributed by atoms with E-state index in [2.05, 4.69) is 11.2 Å². The third-order valence-electron chi connectivity index (χ3n) is 3.54. The predicted molar refractivity (Wildman–Crippen MR) is 87.0 cm³/mol. The van der Waals surface area contributed by atoms with Crippen molar-refractivity contribution >= 4 is 5.91 Å². The summed E-state index contributed by atoms with van der Waals surface area (Å²) in [5, 5.41) is 13.4. The Morgan fingerprint density at radius 1 is 1.13 bits per heavy atom. The van der Waals surface area contributed by atoms with Crippen molar-refractivity contribution in [1.29, 1.82) is 5.26 Å². The monoisotopic (exact) mass is 302 g/mol. The first-order valence-corrected chi connectivity index (χ1v) is 7.06. The summed E-state index contributed by atoms with van der Waals surface area (Å²) in [6.45, 7) is 1.92. The zero-order valence-corrected chi connectivity index (χ0v) is 12.5. The lowest BCUT2D eigenvalue weighted by Gasteiger charge is -2.08. The molecule has 0 atom stereocenters. The van der Waals surface area contributed by atoms with Gasteiger partial charge in [0, 0.05) is 11.1 Å². The molecule has 0 spiro atoms. The molecule has 2 aromatic carbocycles. The topological polar surface area (TPSA) is 84.7 Å². The first kappa shape index (κ1) is 14.5. The molecule has 0 radical (unpaired) electrons. The molecule has 5 nitrogen and oxygen atoms in total. The van der Waals surface area contributed by atoms with Gasteiger partial charge in [-0.15, -0.1) is 0 Å². The Bertz CT molecular complexity index is 900. The fourth-order valence-electron chi connectivity index (χ4n) is 2.38. The van der Waals surface area contributed by atoms with Crippen LogP contribution >= 0.6 is 0 Å². The smallest absolute Gasteiger partial charge is 0.248 e. The van der Waals surface area contributed by atoms with E-state index >= 15 is 0 Å². The average molecular weight is 302 g/mol. The molecule has 1 amide bonds. The first-order chi connectivity index (χ1) is 11.1. The molecule has 2 N–H and O–H groups in total. The molecule has 23 heavy (non-hydrogen) atoms. The number of carbonyl (C=O) groups is 1. The summed E-state index contributed by atoms with van der Waals surface area (Å²) in [7, 11) is 0. The van der Waals surface area contributed by atoms with Crippen LogP contribution in [0.5, 0.6) is 0 Å². The number of primary amides is 1. The van der Waals surface area contributed by atoms with Gasteiger partial charge in [0.05, 0.1) is 28.7 Å². The first-order valence-electron chi connectivity index (χ1n) is 7.06. The Kier molecular flexibility index (Phi) is 3.65. The van der Waals surface area contributed by atoms with E-state index < -0.39 is 5.91 Å². The van der Waals surface area contributed by atoms with Crippen molar-refractivity contribution in [2.24, 2.45) is 5.73 Å². The van der Waals surface area contributed by atoms with E-state index in [1.807, 2.05) is 29.8 Å². The minimum absolute atomic E-state index is 0.456. The lowest BCUT2D eigenvalue weighted by molar-refractivity contribution is 0.100. The molecule has 0 fully saturated rings. The molecule has 0 aliphatic carbocycles. The second kappa shape index (κ2) is 5.78. The highest BCUT2D eigenvalue weighted by Crippen LogP contribution is 2.24. The quantitative estimate of drug-likeness (QED) is 0.807. The maximum absolute atomic E-state index is 11.2. The summed E-state index contributed by atoms with van der Waals surface area (Å²) in [6, 6.07) is 18.4. The summed E-state index contributed by atoms with van der Waals surface area (Å²) < 4.78 is 1.81. The molecular weight excluding hydrogens is 288 g/mol. The normalized spacial score (nSPS) is 10.3. The molecule has 3 rings (SSSR count). The van der Waals surface area contributed by atoms with Gasteiger partial charge in [-0.25, -0.2) is 4.68 Å². The minimum atomic E-state index is -0.458. The number of aryl methyl sites for hydroxylation is 1. The number of rotatable bonds is 3. The Balaban J connectivity index is 2.06. The van der Waals surface area contributed by atoms with Crippen LogP contribution in [-0.4, -0.2) is 15.7 Å². The second-order valence-electron chi connectivity index (χ2n) is 5.18. The molecule has 1 aromatic heterocycles. The van der Waals surface area contributed by atoms with Crippen molar-refractivity contribution in [3.05, 3.63) is 71.4 Å². The highest BCUT2D eigenvalue weighted by atomic mass is 16.1. The van der Waals surface area contributed by atoms with Crippen LogP contribution < -0.4 is 5.73 Å². The van der Waals surface area contributed by atoms with Gasteiger partial charge in [-0.3, -0.25) is 4.79 Å². The van der Waals surface area contributed by atoms with Crippen molar-refractivity contribution in [3.63, 3.8) is 0 Å². The van der Waals surface area contributed by atoms with Gasteiger partial charge in [-0.05, 0) is 49.4 Å². The molecule has 1 heterocycles. The van der Waals surface area contributed by atoms with Gasteiger partial charge in [0.15, 0.2) is 0 Å². The number of nitrogens with two attached hydrogens (primary N) is 1. The highest BCUT2D eigenvalue weighted by Gasteiger charge is 2.10. The molecular formula is C18H14N4O. The summed E-state index contributed by atoms with van der Waals surface area (Å²) >= 11 is 0. The highest BCUT2D eigenvalue weighted by molar-refractivity contribution is 5.92. The van der Waals surface area contributed by atoms with E-state index in [0.717, 1.165) is 22.6 Å². The lowest BCUT2D eigenvalue weighted by atomic mass is 10.1. The van der Waals surface area contributed by atoms with E-state index in [1.165, 1.54) is 0 Å². The van der Waals surface area contributed by atoms with Crippen LogP contribution in [0, 0.1) is 18.3 Å². The Morgan fingerprint density at radius 2 is 1.78 bits per heavy atom. The fourth-order valence-corrected chi connectivity index (χ4v) is 2.38. The molecule has 0 aliphatic heterocycles. The van der Waals surface area contributed by atoms with Crippen molar-refractivity contribution in [3.8, 4) is 23.0 Å². The standard InChI is InChI=1S/C18H14N4O/c1-12-10-17(14-4-2-13(11-19)3-5-14)22(21-12)16-8-6-15(7-9-16)18(20)23/h2-10H,1H3,(H2,20,23). The van der Waals surface area contributed by atoms with E-state index in [0.29, 0.717) is 11.1 Å². The van der Waals surface area contributed by atoms with Crippen LogP contribution in [0.4, 0.5) is 0 Å². The molecule has 5 heteroatoms. The third-order valence-corrected chi connectivity index (χ3v) is 3.54. The number of benzene rings is 2. The SMILES string of the molecule is Cc1cc(-c2ccc(C#N)cc2)n(-c2ccc(C(N)=O)cc2)n1. The maximum Gasteiger partial charge on any atom is 0.248 e. The van der Waals surface area contributed by atoms with Crippen molar-refractivity contribution in [1.82, 2.24) is 9.78 Å². The van der Waals surface area contributed by atoms with E-state index in [9.17, 15) is 4.79 Å². The number of aromatic nitrogens is 2. The number of carbonyl (C=O) groups excluding carboxylic acids is 1. The van der Waals surface area contributed by atoms with Crippen molar-refractivity contribution < 1.29 is 4.79 Å². The van der Waals surface area contributed by atoms with Crippen LogP contribution in [0.2, 0.25) is 0 Å². The van der Waals surface area contributed by atoms with Gasteiger partial charge < -0.3 is 5.73 Å². The number of hydrogen-bond acceptors (Lipinski definition) is 3. The summed E-state index contributed by atoms with van der Waals surface area (Å²) in [6.07, 6.45) is 0. The van der Waals surface area contributed by atoms with Crippen LogP contribution in [0.1, 0.15) is 21.6 Å². The average Bonchev–Trinajstić information content (AvgIpc) is 2.97. The fraction of sp³-hybridized carbons (Fsp3) is 0.0556. The number of nitriles is 1. The maximum atomic E-state index is 11.2. The molecule has 0 unspecified atom stereocenters. The molecule has 3 aromatic rings. The summed E-state index contributed by atoms with van der Waals surface area (Å²) in [5.41, 5.74) is 9.93. The van der Waals surface area contributed by atoms with Crippen LogP contribution in [0.25, 0.3) is 16.9 Å². The Morgan fingerprint density at radius 3 is 2.35 bits per heavy atom. The van der Waals surface area contributed by atoms with Gasteiger partial charge in [-0.2, -0.15) is 10.4 Å². The number of hydrogen-bond donors (Lipinski definition) is 1. The van der Waals surface area contributed by atoms with Gasteiger partial charge in [0.25, 0.3) is 0 Å².